The monoisotopic (exact) mass is 154 g/mol. The van der Waals surface area contributed by atoms with Gasteiger partial charge in [-0.1, -0.05) is 20.3 Å². The summed E-state index contributed by atoms with van der Waals surface area (Å²) in [6.07, 6.45) is 9.13. The highest BCUT2D eigenvalue weighted by molar-refractivity contribution is 4.90. The first-order valence-corrected chi connectivity index (χ1v) is 4.17. The fraction of sp³-hybridized carbons (Fsp3) is 0.800. The van der Waals surface area contributed by atoms with Crippen LogP contribution in [0.2, 0.25) is 0 Å². The molecule has 0 fully saturated rings. The van der Waals surface area contributed by atoms with Crippen molar-refractivity contribution in [3.8, 4) is 12.3 Å². The number of aliphatic hydroxyl groups is 1. The first kappa shape index (κ1) is 10.5. The van der Waals surface area contributed by atoms with Crippen LogP contribution < -0.4 is 0 Å². The Labute approximate surface area is 69.8 Å². The summed E-state index contributed by atoms with van der Waals surface area (Å²) in [5.41, 5.74) is 0.254. The van der Waals surface area contributed by atoms with Crippen LogP contribution in [0.3, 0.4) is 0 Å². The molecule has 0 rings (SSSR count). The highest BCUT2D eigenvalue weighted by atomic mass is 16.2. The van der Waals surface area contributed by atoms with Crippen LogP contribution in [-0.4, -0.2) is 11.7 Å². The summed E-state index contributed by atoms with van der Waals surface area (Å²) in [5.74, 6) is 2.67. The smallest absolute Gasteiger partial charge is 0.0431 e. The molecule has 0 aliphatic carbocycles. The topological polar surface area (TPSA) is 20.2 Å². The summed E-state index contributed by atoms with van der Waals surface area (Å²) in [6, 6.07) is 0. The Balaban J connectivity index is 3.48. The van der Waals surface area contributed by atoms with E-state index in [0.29, 0.717) is 6.61 Å². The number of rotatable bonds is 5. The SMILES string of the molecule is C#CCC(C)(C)CCCCO. The molecule has 1 heteroatoms. The van der Waals surface area contributed by atoms with Crippen molar-refractivity contribution < 1.29 is 5.11 Å². The van der Waals surface area contributed by atoms with Crippen molar-refractivity contribution in [1.82, 2.24) is 0 Å². The van der Waals surface area contributed by atoms with Crippen molar-refractivity contribution in [1.29, 1.82) is 0 Å². The maximum absolute atomic E-state index is 8.55. The molecule has 0 saturated heterocycles. The van der Waals surface area contributed by atoms with E-state index in [4.69, 9.17) is 11.5 Å². The zero-order valence-electron chi connectivity index (χ0n) is 7.56. The first-order valence-electron chi connectivity index (χ1n) is 4.17. The second kappa shape index (κ2) is 5.21. The van der Waals surface area contributed by atoms with Gasteiger partial charge in [-0.15, -0.1) is 12.3 Å². The zero-order valence-corrected chi connectivity index (χ0v) is 7.56. The Kier molecular flexibility index (Phi) is 4.98. The van der Waals surface area contributed by atoms with Crippen LogP contribution in [-0.2, 0) is 0 Å². The molecule has 0 aliphatic rings. The van der Waals surface area contributed by atoms with Crippen molar-refractivity contribution >= 4 is 0 Å². The van der Waals surface area contributed by atoms with E-state index in [9.17, 15) is 0 Å². The molecule has 0 aromatic heterocycles. The second-order valence-electron chi connectivity index (χ2n) is 3.73. The van der Waals surface area contributed by atoms with Crippen LogP contribution in [0.15, 0.2) is 0 Å². The van der Waals surface area contributed by atoms with Crippen LogP contribution in [0.25, 0.3) is 0 Å². The second-order valence-corrected chi connectivity index (χ2v) is 3.73. The van der Waals surface area contributed by atoms with Gasteiger partial charge in [-0.2, -0.15) is 0 Å². The fourth-order valence-corrected chi connectivity index (χ4v) is 1.08. The van der Waals surface area contributed by atoms with Crippen molar-refractivity contribution in [2.24, 2.45) is 5.41 Å². The van der Waals surface area contributed by atoms with Gasteiger partial charge in [0.15, 0.2) is 0 Å². The van der Waals surface area contributed by atoms with E-state index >= 15 is 0 Å². The molecular formula is C10H18O. The van der Waals surface area contributed by atoms with E-state index in [0.717, 1.165) is 25.7 Å². The minimum Gasteiger partial charge on any atom is -0.396 e. The molecule has 0 aliphatic heterocycles. The van der Waals surface area contributed by atoms with Crippen LogP contribution >= 0.6 is 0 Å². The summed E-state index contributed by atoms with van der Waals surface area (Å²) in [5, 5.41) is 8.55. The van der Waals surface area contributed by atoms with Gasteiger partial charge in [-0.05, 0) is 18.3 Å². The van der Waals surface area contributed by atoms with Crippen molar-refractivity contribution in [2.45, 2.75) is 39.5 Å². The van der Waals surface area contributed by atoms with Gasteiger partial charge in [0.05, 0.1) is 0 Å². The summed E-state index contributed by atoms with van der Waals surface area (Å²) in [6.45, 7) is 4.64. The fourth-order valence-electron chi connectivity index (χ4n) is 1.08. The van der Waals surface area contributed by atoms with Crippen molar-refractivity contribution in [3.05, 3.63) is 0 Å². The Morgan fingerprint density at radius 3 is 2.45 bits per heavy atom. The third kappa shape index (κ3) is 5.94. The summed E-state index contributed by atoms with van der Waals surface area (Å²) in [4.78, 5) is 0. The van der Waals surface area contributed by atoms with Crippen LogP contribution in [0.4, 0.5) is 0 Å². The predicted octanol–water partition coefficient (Wildman–Crippen LogP) is 2.20. The first-order chi connectivity index (χ1) is 5.12. The Bertz CT molecular complexity index is 130. The molecule has 0 aromatic carbocycles. The van der Waals surface area contributed by atoms with Gasteiger partial charge in [-0.3, -0.25) is 0 Å². The number of hydrogen-bond donors (Lipinski definition) is 1. The predicted molar refractivity (Wildman–Crippen MR) is 48.2 cm³/mol. The van der Waals surface area contributed by atoms with E-state index in [-0.39, 0.29) is 5.41 Å². The lowest BCUT2D eigenvalue weighted by Crippen LogP contribution is -2.09. The molecule has 0 radical (unpaired) electrons. The third-order valence-electron chi connectivity index (χ3n) is 1.84. The number of terminal acetylenes is 1. The van der Waals surface area contributed by atoms with Gasteiger partial charge < -0.3 is 5.11 Å². The van der Waals surface area contributed by atoms with Crippen molar-refractivity contribution in [2.75, 3.05) is 6.61 Å². The summed E-state index contributed by atoms with van der Waals surface area (Å²) in [7, 11) is 0. The highest BCUT2D eigenvalue weighted by Crippen LogP contribution is 2.26. The quantitative estimate of drug-likeness (QED) is 0.475. The molecule has 1 nitrogen and oxygen atoms in total. The van der Waals surface area contributed by atoms with Gasteiger partial charge in [0.2, 0.25) is 0 Å². The van der Waals surface area contributed by atoms with E-state index in [1.165, 1.54) is 0 Å². The van der Waals surface area contributed by atoms with E-state index in [1.807, 2.05) is 0 Å². The van der Waals surface area contributed by atoms with Crippen LogP contribution in [0.1, 0.15) is 39.5 Å². The standard InChI is InChI=1S/C10H18O/c1-4-7-10(2,3)8-5-6-9-11/h1,11H,5-9H2,2-3H3. The molecule has 1 N–H and O–H groups in total. The Hall–Kier alpha value is -0.480. The lowest BCUT2D eigenvalue weighted by molar-refractivity contribution is 0.262. The number of hydrogen-bond acceptors (Lipinski definition) is 1. The Morgan fingerprint density at radius 2 is 2.00 bits per heavy atom. The molecule has 0 amide bonds. The number of unbranched alkanes of at least 4 members (excludes halogenated alkanes) is 1. The van der Waals surface area contributed by atoms with Gasteiger partial charge in [-0.25, -0.2) is 0 Å². The van der Waals surface area contributed by atoms with Gasteiger partial charge in [0.25, 0.3) is 0 Å². The molecular weight excluding hydrogens is 136 g/mol. The van der Waals surface area contributed by atoms with Gasteiger partial charge in [0, 0.05) is 13.0 Å². The largest absolute Gasteiger partial charge is 0.396 e. The zero-order chi connectivity index (χ0) is 8.74. The lowest BCUT2D eigenvalue weighted by Gasteiger charge is -2.21. The molecule has 0 aromatic rings. The Morgan fingerprint density at radius 1 is 1.36 bits per heavy atom. The average Bonchev–Trinajstić information content (AvgIpc) is 1.87. The average molecular weight is 154 g/mol. The molecule has 0 atom stereocenters. The van der Waals surface area contributed by atoms with Crippen molar-refractivity contribution in [3.63, 3.8) is 0 Å². The highest BCUT2D eigenvalue weighted by Gasteiger charge is 2.14. The lowest BCUT2D eigenvalue weighted by atomic mass is 9.84. The minimum absolute atomic E-state index is 0.254. The van der Waals surface area contributed by atoms with Crippen LogP contribution in [0.5, 0.6) is 0 Å². The molecule has 64 valence electrons. The molecule has 0 bridgehead atoms. The minimum atomic E-state index is 0.254. The normalized spacial score (nSPS) is 11.1. The van der Waals surface area contributed by atoms with E-state index < -0.39 is 0 Å². The van der Waals surface area contributed by atoms with Gasteiger partial charge in [0.1, 0.15) is 0 Å². The van der Waals surface area contributed by atoms with Gasteiger partial charge >= 0.3 is 0 Å². The third-order valence-corrected chi connectivity index (χ3v) is 1.84. The number of aliphatic hydroxyl groups excluding tert-OH is 1. The molecule has 0 saturated carbocycles. The molecule has 0 spiro atoms. The molecule has 0 heterocycles. The van der Waals surface area contributed by atoms with Crippen LogP contribution in [0, 0.1) is 17.8 Å². The summed E-state index contributed by atoms with van der Waals surface area (Å²) >= 11 is 0. The maximum Gasteiger partial charge on any atom is 0.0431 e. The molecule has 0 unspecified atom stereocenters. The van der Waals surface area contributed by atoms with E-state index in [1.54, 1.807) is 0 Å². The maximum atomic E-state index is 8.55. The summed E-state index contributed by atoms with van der Waals surface area (Å²) < 4.78 is 0. The van der Waals surface area contributed by atoms with E-state index in [2.05, 4.69) is 19.8 Å². The molecule has 11 heavy (non-hydrogen) atoms.